The predicted molar refractivity (Wildman–Crippen MR) is 109 cm³/mol. The number of benzene rings is 2. The molecule has 9 heteroatoms. The monoisotopic (exact) mass is 419 g/mol. The van der Waals surface area contributed by atoms with Gasteiger partial charge in [0.15, 0.2) is 23.9 Å². The van der Waals surface area contributed by atoms with Gasteiger partial charge < -0.3 is 30.1 Å². The van der Waals surface area contributed by atoms with Crippen LogP contribution in [-0.4, -0.2) is 19.6 Å². The Labute approximate surface area is 176 Å². The van der Waals surface area contributed by atoms with Crippen LogP contribution in [0, 0.1) is 11.3 Å². The molecule has 1 aromatic heterocycles. The van der Waals surface area contributed by atoms with Gasteiger partial charge in [-0.05, 0) is 29.8 Å². The average Bonchev–Trinajstić information content (AvgIpc) is 2.76. The van der Waals surface area contributed by atoms with Crippen molar-refractivity contribution in [3.63, 3.8) is 0 Å². The summed E-state index contributed by atoms with van der Waals surface area (Å²) >= 11 is 0. The van der Waals surface area contributed by atoms with Gasteiger partial charge in [-0.15, -0.1) is 0 Å². The molecule has 0 spiro atoms. The first-order valence-corrected chi connectivity index (χ1v) is 9.17. The Balaban J connectivity index is 1.92. The van der Waals surface area contributed by atoms with E-state index < -0.39 is 17.5 Å². The molecule has 1 unspecified atom stereocenters. The van der Waals surface area contributed by atoms with Gasteiger partial charge in [0.05, 0.1) is 24.0 Å². The fourth-order valence-corrected chi connectivity index (χ4v) is 3.53. The summed E-state index contributed by atoms with van der Waals surface area (Å²) in [4.78, 5) is 23.9. The third-order valence-electron chi connectivity index (χ3n) is 4.87. The van der Waals surface area contributed by atoms with E-state index in [1.807, 2.05) is 6.07 Å². The summed E-state index contributed by atoms with van der Waals surface area (Å²) in [5, 5.41) is 10.3. The molecule has 0 fully saturated rings. The van der Waals surface area contributed by atoms with Crippen LogP contribution in [0.1, 0.15) is 17.0 Å². The van der Waals surface area contributed by atoms with Crippen molar-refractivity contribution >= 4 is 16.9 Å². The highest BCUT2D eigenvalue weighted by Crippen LogP contribution is 2.44. The Morgan fingerprint density at radius 1 is 1.23 bits per heavy atom. The van der Waals surface area contributed by atoms with E-state index in [0.29, 0.717) is 16.5 Å². The minimum absolute atomic E-state index is 0.0583. The molecule has 1 amide bonds. The minimum Gasteiger partial charge on any atom is -0.493 e. The number of amides is 1. The lowest BCUT2D eigenvalue weighted by Gasteiger charge is -2.26. The van der Waals surface area contributed by atoms with Crippen LogP contribution in [0.4, 0.5) is 0 Å². The minimum atomic E-state index is -0.853. The van der Waals surface area contributed by atoms with Crippen LogP contribution in [0.25, 0.3) is 11.0 Å². The maximum atomic E-state index is 12.9. The van der Waals surface area contributed by atoms with Crippen LogP contribution in [0.2, 0.25) is 0 Å². The molecule has 0 saturated heterocycles. The quantitative estimate of drug-likeness (QED) is 0.595. The van der Waals surface area contributed by atoms with Gasteiger partial charge in [0, 0.05) is 0 Å². The Kier molecular flexibility index (Phi) is 4.97. The number of ether oxygens (including phenoxy) is 3. The number of carbonyl (C=O) groups is 1. The van der Waals surface area contributed by atoms with Gasteiger partial charge in [-0.1, -0.05) is 18.2 Å². The number of nitrogens with two attached hydrogens (primary N) is 2. The number of para-hydroxylation sites is 1. The Hall–Kier alpha value is -4.45. The molecule has 2 heterocycles. The van der Waals surface area contributed by atoms with E-state index in [4.69, 9.17) is 30.1 Å². The summed E-state index contributed by atoms with van der Waals surface area (Å²) in [5.41, 5.74) is 11.6. The third-order valence-corrected chi connectivity index (χ3v) is 4.87. The molecule has 9 nitrogen and oxygen atoms in total. The molecule has 1 atom stereocenters. The molecule has 0 saturated carbocycles. The molecular weight excluding hydrogens is 402 g/mol. The average molecular weight is 419 g/mol. The highest BCUT2D eigenvalue weighted by atomic mass is 16.5. The van der Waals surface area contributed by atoms with Crippen molar-refractivity contribution in [3.8, 4) is 23.3 Å². The number of methoxy groups -OCH3 is 1. The second-order valence-electron chi connectivity index (χ2n) is 6.72. The molecule has 0 aliphatic carbocycles. The summed E-state index contributed by atoms with van der Waals surface area (Å²) in [6, 6.07) is 13.7. The zero-order chi connectivity index (χ0) is 22.1. The lowest BCUT2D eigenvalue weighted by atomic mass is 9.83. The first-order valence-electron chi connectivity index (χ1n) is 9.17. The third kappa shape index (κ3) is 3.40. The number of fused-ring (bicyclic) bond motifs is 3. The molecule has 4 N–H and O–H groups in total. The van der Waals surface area contributed by atoms with E-state index in [1.165, 1.54) is 7.11 Å². The SMILES string of the molecule is COc1cc(C2C(C#N)=C(N)Oc3c2c(=O)oc2ccccc32)ccc1OCC(N)=O. The van der Waals surface area contributed by atoms with Gasteiger partial charge in [0.1, 0.15) is 17.2 Å². The molecule has 1 aliphatic rings. The summed E-state index contributed by atoms with van der Waals surface area (Å²) in [6.45, 7) is -0.332. The molecule has 1 aliphatic heterocycles. The lowest BCUT2D eigenvalue weighted by molar-refractivity contribution is -0.119. The van der Waals surface area contributed by atoms with Crippen LogP contribution < -0.4 is 31.3 Å². The maximum absolute atomic E-state index is 12.9. The fourth-order valence-electron chi connectivity index (χ4n) is 3.53. The molecule has 156 valence electrons. The Morgan fingerprint density at radius 2 is 2.00 bits per heavy atom. The van der Waals surface area contributed by atoms with Gasteiger partial charge in [0.25, 0.3) is 5.91 Å². The molecule has 0 radical (unpaired) electrons. The standard InChI is InChI=1S/C22H17N3O6/c1-28-16-8-11(6-7-15(16)29-10-17(24)26)18-13(9-23)21(25)31-20-12-4-2-3-5-14(12)30-22(27)19(18)20/h2-8,18H,10,25H2,1H3,(H2,24,26). The second kappa shape index (κ2) is 7.76. The number of carbonyl (C=O) groups excluding carboxylic acids is 1. The van der Waals surface area contributed by atoms with Crippen molar-refractivity contribution in [1.82, 2.24) is 0 Å². The number of nitriles is 1. The lowest BCUT2D eigenvalue weighted by Crippen LogP contribution is -2.26. The zero-order valence-electron chi connectivity index (χ0n) is 16.4. The summed E-state index contributed by atoms with van der Waals surface area (Å²) in [6.07, 6.45) is 0. The van der Waals surface area contributed by atoms with E-state index in [1.54, 1.807) is 42.5 Å². The van der Waals surface area contributed by atoms with Crippen molar-refractivity contribution in [2.75, 3.05) is 13.7 Å². The number of primary amides is 1. The van der Waals surface area contributed by atoms with Crippen LogP contribution in [-0.2, 0) is 4.79 Å². The normalized spacial score (nSPS) is 15.0. The number of nitrogens with zero attached hydrogens (tertiary/aromatic N) is 1. The maximum Gasteiger partial charge on any atom is 0.344 e. The van der Waals surface area contributed by atoms with Crippen molar-refractivity contribution in [2.45, 2.75) is 5.92 Å². The second-order valence-corrected chi connectivity index (χ2v) is 6.72. The molecule has 0 bridgehead atoms. The van der Waals surface area contributed by atoms with Crippen LogP contribution in [0.5, 0.6) is 17.2 Å². The smallest absolute Gasteiger partial charge is 0.344 e. The summed E-state index contributed by atoms with van der Waals surface area (Å²) < 4.78 is 21.9. The van der Waals surface area contributed by atoms with Gasteiger partial charge >= 0.3 is 5.63 Å². The first-order chi connectivity index (χ1) is 14.9. The first kappa shape index (κ1) is 19.8. The van der Waals surface area contributed by atoms with Crippen molar-refractivity contribution in [1.29, 1.82) is 5.26 Å². The summed E-state index contributed by atoms with van der Waals surface area (Å²) in [5.74, 6) is -0.804. The van der Waals surface area contributed by atoms with E-state index in [9.17, 15) is 14.9 Å². The van der Waals surface area contributed by atoms with Gasteiger partial charge in [-0.2, -0.15) is 5.26 Å². The van der Waals surface area contributed by atoms with Gasteiger partial charge in [-0.25, -0.2) is 4.79 Å². The molecular formula is C22H17N3O6. The van der Waals surface area contributed by atoms with Crippen LogP contribution in [0.3, 0.4) is 0 Å². The Bertz CT molecular complexity index is 1340. The number of hydrogen-bond donors (Lipinski definition) is 2. The van der Waals surface area contributed by atoms with E-state index in [2.05, 4.69) is 0 Å². The highest BCUT2D eigenvalue weighted by molar-refractivity contribution is 5.86. The molecule has 31 heavy (non-hydrogen) atoms. The van der Waals surface area contributed by atoms with E-state index in [0.717, 1.165) is 0 Å². The number of allylic oxidation sites excluding steroid dienone is 1. The number of hydrogen-bond acceptors (Lipinski definition) is 8. The van der Waals surface area contributed by atoms with E-state index in [-0.39, 0.29) is 40.9 Å². The van der Waals surface area contributed by atoms with Gasteiger partial charge in [0.2, 0.25) is 5.88 Å². The van der Waals surface area contributed by atoms with Gasteiger partial charge in [-0.3, -0.25) is 4.79 Å². The van der Waals surface area contributed by atoms with Crippen molar-refractivity contribution < 1.29 is 23.4 Å². The molecule has 2 aromatic carbocycles. The zero-order valence-corrected chi connectivity index (χ0v) is 16.4. The van der Waals surface area contributed by atoms with Crippen LogP contribution in [0.15, 0.2) is 63.1 Å². The largest absolute Gasteiger partial charge is 0.493 e. The highest BCUT2D eigenvalue weighted by Gasteiger charge is 2.35. The van der Waals surface area contributed by atoms with Crippen molar-refractivity contribution in [3.05, 3.63) is 75.5 Å². The molecule has 3 aromatic rings. The van der Waals surface area contributed by atoms with Crippen molar-refractivity contribution in [2.24, 2.45) is 11.5 Å². The van der Waals surface area contributed by atoms with E-state index >= 15 is 0 Å². The molecule has 4 rings (SSSR count). The predicted octanol–water partition coefficient (Wildman–Crippen LogP) is 1.88. The summed E-state index contributed by atoms with van der Waals surface area (Å²) in [7, 11) is 1.42. The topological polar surface area (TPSA) is 151 Å². The Morgan fingerprint density at radius 3 is 2.71 bits per heavy atom. The fraction of sp³-hybridized carbons (Fsp3) is 0.136. The number of rotatable bonds is 5. The van der Waals surface area contributed by atoms with Crippen LogP contribution >= 0.6 is 0 Å².